The second-order valence-corrected chi connectivity index (χ2v) is 9.07. The van der Waals surface area contributed by atoms with Crippen LogP contribution >= 0.6 is 23.1 Å². The predicted octanol–water partition coefficient (Wildman–Crippen LogP) is 4.29. The molecule has 2 aromatic heterocycles. The summed E-state index contributed by atoms with van der Waals surface area (Å²) in [5.74, 6) is 0.536. The number of thioether (sulfide) groups is 1. The van der Waals surface area contributed by atoms with Gasteiger partial charge in [-0.25, -0.2) is 4.39 Å². The molecule has 1 aliphatic rings. The van der Waals surface area contributed by atoms with E-state index in [0.29, 0.717) is 17.5 Å². The molecule has 0 aliphatic carbocycles. The number of hydrogen-bond acceptors (Lipinski definition) is 6. The van der Waals surface area contributed by atoms with E-state index < -0.39 is 0 Å². The molecule has 3 heterocycles. The number of halogens is 1. The molecule has 0 unspecified atom stereocenters. The van der Waals surface area contributed by atoms with E-state index in [9.17, 15) is 9.18 Å². The van der Waals surface area contributed by atoms with E-state index in [2.05, 4.69) is 15.5 Å². The van der Waals surface area contributed by atoms with Gasteiger partial charge in [0, 0.05) is 17.0 Å². The summed E-state index contributed by atoms with van der Waals surface area (Å²) in [6, 6.07) is 10.2. The summed E-state index contributed by atoms with van der Waals surface area (Å²) in [4.78, 5) is 13.6. The van der Waals surface area contributed by atoms with Crippen LogP contribution in [0.4, 0.5) is 4.39 Å². The molecule has 1 aromatic carbocycles. The summed E-state index contributed by atoms with van der Waals surface area (Å²) < 4.78 is 21.1. The van der Waals surface area contributed by atoms with Crippen LogP contribution in [0.25, 0.3) is 11.4 Å². The second kappa shape index (κ2) is 9.72. The smallest absolute Gasteiger partial charge is 0.230 e. The van der Waals surface area contributed by atoms with Crippen LogP contribution in [0.3, 0.4) is 0 Å². The Balaban J connectivity index is 1.47. The summed E-state index contributed by atoms with van der Waals surface area (Å²) in [6.45, 7) is 3.33. The largest absolute Gasteiger partial charge is 0.376 e. The van der Waals surface area contributed by atoms with Crippen molar-refractivity contribution in [2.24, 2.45) is 0 Å². The average molecular weight is 447 g/mol. The number of carbonyl (C=O) groups excluding carboxylic acids is 1. The van der Waals surface area contributed by atoms with Gasteiger partial charge in [-0.1, -0.05) is 17.8 Å². The first-order chi connectivity index (χ1) is 14.6. The van der Waals surface area contributed by atoms with Crippen molar-refractivity contribution in [2.75, 3.05) is 12.4 Å². The number of rotatable bonds is 8. The third-order valence-electron chi connectivity index (χ3n) is 4.91. The molecule has 3 aromatic rings. The topological polar surface area (TPSA) is 69.0 Å². The third-order valence-corrected chi connectivity index (χ3v) is 6.93. The third kappa shape index (κ3) is 5.08. The number of nitrogens with one attached hydrogen (secondary N) is 1. The van der Waals surface area contributed by atoms with Crippen molar-refractivity contribution >= 4 is 29.0 Å². The molecular weight excluding hydrogens is 423 g/mol. The van der Waals surface area contributed by atoms with Crippen LogP contribution in [0.5, 0.6) is 0 Å². The van der Waals surface area contributed by atoms with Gasteiger partial charge in [-0.2, -0.15) is 0 Å². The van der Waals surface area contributed by atoms with Crippen molar-refractivity contribution in [3.8, 4) is 11.4 Å². The zero-order valence-electron chi connectivity index (χ0n) is 16.6. The van der Waals surface area contributed by atoms with E-state index in [1.165, 1.54) is 23.9 Å². The number of benzene rings is 1. The molecule has 30 heavy (non-hydrogen) atoms. The summed E-state index contributed by atoms with van der Waals surface area (Å²) in [6.07, 6.45) is 2.10. The SMILES string of the molecule is C[C@H](NC(=O)CSc1nnc(-c2ccc(F)cc2)n1C[C@@H]1CCCO1)c1cccs1. The van der Waals surface area contributed by atoms with Gasteiger partial charge >= 0.3 is 0 Å². The van der Waals surface area contributed by atoms with Crippen LogP contribution in [-0.4, -0.2) is 39.1 Å². The minimum atomic E-state index is -0.296. The molecule has 4 rings (SSSR count). The molecule has 158 valence electrons. The van der Waals surface area contributed by atoms with E-state index in [-0.39, 0.29) is 29.6 Å². The molecule has 0 saturated carbocycles. The monoisotopic (exact) mass is 446 g/mol. The van der Waals surface area contributed by atoms with E-state index in [1.54, 1.807) is 23.5 Å². The highest BCUT2D eigenvalue weighted by atomic mass is 32.2. The number of nitrogens with zero attached hydrogens (tertiary/aromatic N) is 3. The Morgan fingerprint density at radius 1 is 1.37 bits per heavy atom. The van der Waals surface area contributed by atoms with E-state index in [1.807, 2.05) is 29.0 Å². The maximum absolute atomic E-state index is 13.3. The first kappa shape index (κ1) is 21.0. The molecule has 2 atom stereocenters. The first-order valence-corrected chi connectivity index (χ1v) is 11.7. The molecule has 0 spiro atoms. The Morgan fingerprint density at radius 3 is 2.90 bits per heavy atom. The highest BCUT2D eigenvalue weighted by Gasteiger charge is 2.22. The molecule has 1 N–H and O–H groups in total. The zero-order chi connectivity index (χ0) is 20.9. The van der Waals surface area contributed by atoms with Gasteiger partial charge in [-0.15, -0.1) is 21.5 Å². The molecule has 1 fully saturated rings. The fourth-order valence-corrected chi connectivity index (χ4v) is 4.88. The lowest BCUT2D eigenvalue weighted by Gasteiger charge is -2.15. The minimum absolute atomic E-state index is 0.0300. The van der Waals surface area contributed by atoms with Crippen LogP contribution in [0.15, 0.2) is 46.9 Å². The highest BCUT2D eigenvalue weighted by molar-refractivity contribution is 7.99. The van der Waals surface area contributed by atoms with Gasteiger partial charge in [0.2, 0.25) is 5.91 Å². The van der Waals surface area contributed by atoms with E-state index >= 15 is 0 Å². The van der Waals surface area contributed by atoms with Crippen LogP contribution in [0.1, 0.15) is 30.7 Å². The number of thiophene rings is 1. The van der Waals surface area contributed by atoms with Crippen molar-refractivity contribution < 1.29 is 13.9 Å². The zero-order valence-corrected chi connectivity index (χ0v) is 18.2. The van der Waals surface area contributed by atoms with Crippen molar-refractivity contribution in [3.63, 3.8) is 0 Å². The number of hydrogen-bond donors (Lipinski definition) is 1. The quantitative estimate of drug-likeness (QED) is 0.523. The van der Waals surface area contributed by atoms with Gasteiger partial charge in [0.05, 0.1) is 24.4 Å². The normalized spacial score (nSPS) is 17.2. The summed E-state index contributed by atoms with van der Waals surface area (Å²) in [5.41, 5.74) is 0.782. The predicted molar refractivity (Wildman–Crippen MR) is 116 cm³/mol. The Morgan fingerprint density at radius 2 is 2.20 bits per heavy atom. The van der Waals surface area contributed by atoms with Crippen LogP contribution < -0.4 is 5.32 Å². The maximum Gasteiger partial charge on any atom is 0.230 e. The second-order valence-electron chi connectivity index (χ2n) is 7.15. The van der Waals surface area contributed by atoms with Crippen LogP contribution in [-0.2, 0) is 16.1 Å². The summed E-state index contributed by atoms with van der Waals surface area (Å²) in [7, 11) is 0. The Hall–Kier alpha value is -2.23. The molecule has 1 aliphatic heterocycles. The number of carbonyl (C=O) groups is 1. The Labute approximate surface area is 182 Å². The van der Waals surface area contributed by atoms with E-state index in [0.717, 1.165) is 29.9 Å². The number of amides is 1. The van der Waals surface area contributed by atoms with Crippen LogP contribution in [0.2, 0.25) is 0 Å². The van der Waals surface area contributed by atoms with Gasteiger partial charge in [-0.05, 0) is 55.5 Å². The fraction of sp³-hybridized carbons (Fsp3) is 0.381. The highest BCUT2D eigenvalue weighted by Crippen LogP contribution is 2.27. The van der Waals surface area contributed by atoms with Crippen molar-refractivity contribution in [1.82, 2.24) is 20.1 Å². The van der Waals surface area contributed by atoms with Gasteiger partial charge in [0.25, 0.3) is 0 Å². The minimum Gasteiger partial charge on any atom is -0.376 e. The Bertz CT molecular complexity index is 970. The van der Waals surface area contributed by atoms with Crippen molar-refractivity contribution in [2.45, 2.75) is 43.6 Å². The van der Waals surface area contributed by atoms with Crippen LogP contribution in [0, 0.1) is 5.82 Å². The van der Waals surface area contributed by atoms with Gasteiger partial charge in [0.1, 0.15) is 5.82 Å². The summed E-state index contributed by atoms with van der Waals surface area (Å²) >= 11 is 2.97. The lowest BCUT2D eigenvalue weighted by Crippen LogP contribution is -2.28. The maximum atomic E-state index is 13.3. The number of aromatic nitrogens is 3. The van der Waals surface area contributed by atoms with E-state index in [4.69, 9.17) is 4.74 Å². The van der Waals surface area contributed by atoms with Crippen molar-refractivity contribution in [3.05, 3.63) is 52.5 Å². The molecule has 0 radical (unpaired) electrons. The van der Waals surface area contributed by atoms with Gasteiger partial charge < -0.3 is 10.1 Å². The molecule has 6 nitrogen and oxygen atoms in total. The summed E-state index contributed by atoms with van der Waals surface area (Å²) in [5, 5.41) is 14.3. The lowest BCUT2D eigenvalue weighted by molar-refractivity contribution is -0.119. The number of ether oxygens (including phenoxy) is 1. The average Bonchev–Trinajstić information content (AvgIpc) is 3.50. The molecule has 0 bridgehead atoms. The first-order valence-electron chi connectivity index (χ1n) is 9.86. The Kier molecular flexibility index (Phi) is 6.81. The van der Waals surface area contributed by atoms with Gasteiger partial charge in [-0.3, -0.25) is 9.36 Å². The molecule has 1 saturated heterocycles. The molecular formula is C21H23FN4O2S2. The molecule has 1 amide bonds. The van der Waals surface area contributed by atoms with Crippen molar-refractivity contribution in [1.29, 1.82) is 0 Å². The standard InChI is InChI=1S/C21H23FN4O2S2/c1-14(18-5-3-11-29-18)23-19(27)13-30-21-25-24-20(15-6-8-16(22)9-7-15)26(21)12-17-4-2-10-28-17/h3,5-9,11,14,17H,2,4,10,12-13H2,1H3,(H,23,27)/t14-,17-/m0/s1. The lowest BCUT2D eigenvalue weighted by atomic mass is 10.2. The van der Waals surface area contributed by atoms with Gasteiger partial charge in [0.15, 0.2) is 11.0 Å². The molecule has 9 heteroatoms. The fourth-order valence-electron chi connectivity index (χ4n) is 3.39.